The Labute approximate surface area is 110 Å². The van der Waals surface area contributed by atoms with Crippen molar-refractivity contribution in [2.45, 2.75) is 40.0 Å². The maximum Gasteiger partial charge on any atom is 0.0621 e. The Hall–Kier alpha value is -0.600. The molecule has 96 valence electrons. The van der Waals surface area contributed by atoms with Crippen molar-refractivity contribution >= 4 is 11.6 Å². The summed E-state index contributed by atoms with van der Waals surface area (Å²) < 4.78 is 0. The molecular formula is C14H23ClN2. The Bertz CT molecular complexity index is 337. The molecule has 1 rings (SSSR count). The maximum absolute atomic E-state index is 6.14. The van der Waals surface area contributed by atoms with E-state index in [-0.39, 0.29) is 5.41 Å². The van der Waals surface area contributed by atoms with Gasteiger partial charge in [0, 0.05) is 12.4 Å². The van der Waals surface area contributed by atoms with Gasteiger partial charge in [0.25, 0.3) is 0 Å². The zero-order valence-electron chi connectivity index (χ0n) is 11.1. The fraction of sp³-hybridized carbons (Fsp3) is 0.643. The lowest BCUT2D eigenvalue weighted by Crippen LogP contribution is -2.24. The first kappa shape index (κ1) is 14.5. The molecule has 0 saturated carbocycles. The van der Waals surface area contributed by atoms with E-state index in [1.165, 1.54) is 12.0 Å². The van der Waals surface area contributed by atoms with Gasteiger partial charge < -0.3 is 5.32 Å². The molecule has 0 bridgehead atoms. The first-order valence-corrected chi connectivity index (χ1v) is 6.72. The molecule has 0 spiro atoms. The van der Waals surface area contributed by atoms with Gasteiger partial charge in [0.1, 0.15) is 0 Å². The molecule has 0 radical (unpaired) electrons. The number of nitrogens with one attached hydrogen (secondary N) is 1. The molecular weight excluding hydrogens is 232 g/mol. The third kappa shape index (κ3) is 5.51. The topological polar surface area (TPSA) is 24.9 Å². The summed E-state index contributed by atoms with van der Waals surface area (Å²) in [5, 5.41) is 4.23. The molecule has 0 aromatic carbocycles. The second-order valence-electron chi connectivity index (χ2n) is 5.31. The molecule has 0 atom stereocenters. The summed E-state index contributed by atoms with van der Waals surface area (Å²) >= 11 is 6.14. The number of aromatic nitrogens is 1. The van der Waals surface area contributed by atoms with E-state index < -0.39 is 0 Å². The van der Waals surface area contributed by atoms with Gasteiger partial charge in [-0.2, -0.15) is 0 Å². The lowest BCUT2D eigenvalue weighted by Gasteiger charge is -2.25. The van der Waals surface area contributed by atoms with Crippen LogP contribution in [0.2, 0.25) is 5.02 Å². The molecule has 0 aliphatic rings. The highest BCUT2D eigenvalue weighted by atomic mass is 35.5. The lowest BCUT2D eigenvalue weighted by molar-refractivity contribution is 0.325. The second-order valence-corrected chi connectivity index (χ2v) is 5.72. The Morgan fingerprint density at radius 1 is 1.35 bits per heavy atom. The van der Waals surface area contributed by atoms with Gasteiger partial charge in [0.05, 0.1) is 5.02 Å². The van der Waals surface area contributed by atoms with Crippen molar-refractivity contribution in [2.75, 3.05) is 13.1 Å². The maximum atomic E-state index is 6.14. The predicted molar refractivity (Wildman–Crippen MR) is 74.5 cm³/mol. The first-order chi connectivity index (χ1) is 8.05. The monoisotopic (exact) mass is 254 g/mol. The van der Waals surface area contributed by atoms with E-state index >= 15 is 0 Å². The van der Waals surface area contributed by atoms with E-state index in [9.17, 15) is 0 Å². The molecule has 0 amide bonds. The van der Waals surface area contributed by atoms with Gasteiger partial charge >= 0.3 is 0 Å². The smallest absolute Gasteiger partial charge is 0.0621 e. The van der Waals surface area contributed by atoms with Crippen LogP contribution < -0.4 is 5.32 Å². The summed E-state index contributed by atoms with van der Waals surface area (Å²) in [5.74, 6) is 0. The van der Waals surface area contributed by atoms with Gasteiger partial charge in [-0.05, 0) is 49.4 Å². The van der Waals surface area contributed by atoms with Crippen LogP contribution in [-0.4, -0.2) is 18.1 Å². The number of hydrogen-bond acceptors (Lipinski definition) is 2. The third-order valence-corrected chi connectivity index (χ3v) is 3.27. The average molecular weight is 255 g/mol. The Kier molecular flexibility index (Phi) is 5.93. The van der Waals surface area contributed by atoms with E-state index in [1.54, 1.807) is 6.20 Å². The van der Waals surface area contributed by atoms with Crippen LogP contribution in [-0.2, 0) is 6.42 Å². The van der Waals surface area contributed by atoms with Crippen LogP contribution in [0.4, 0.5) is 0 Å². The van der Waals surface area contributed by atoms with Crippen molar-refractivity contribution in [2.24, 2.45) is 5.41 Å². The van der Waals surface area contributed by atoms with Gasteiger partial charge in [-0.1, -0.05) is 32.4 Å². The van der Waals surface area contributed by atoms with Crippen LogP contribution >= 0.6 is 11.6 Å². The zero-order chi connectivity index (χ0) is 12.7. The van der Waals surface area contributed by atoms with Crippen LogP contribution in [0.15, 0.2) is 18.5 Å². The Morgan fingerprint density at radius 3 is 2.76 bits per heavy atom. The van der Waals surface area contributed by atoms with Crippen molar-refractivity contribution in [3.63, 3.8) is 0 Å². The molecule has 0 unspecified atom stereocenters. The number of pyridine rings is 1. The summed E-state index contributed by atoms with van der Waals surface area (Å²) in [4.78, 5) is 4.02. The molecule has 1 heterocycles. The highest BCUT2D eigenvalue weighted by Gasteiger charge is 2.19. The fourth-order valence-corrected chi connectivity index (χ4v) is 2.07. The molecule has 0 aliphatic heterocycles. The van der Waals surface area contributed by atoms with Crippen molar-refractivity contribution in [1.82, 2.24) is 10.3 Å². The molecule has 1 aromatic heterocycles. The summed E-state index contributed by atoms with van der Waals surface area (Å²) in [5.41, 5.74) is 1.47. The third-order valence-electron chi connectivity index (χ3n) is 2.93. The van der Waals surface area contributed by atoms with Crippen LogP contribution in [0.5, 0.6) is 0 Å². The van der Waals surface area contributed by atoms with Crippen LogP contribution in [0.25, 0.3) is 0 Å². The summed E-state index contributed by atoms with van der Waals surface area (Å²) in [7, 11) is 0. The quantitative estimate of drug-likeness (QED) is 0.751. The molecule has 1 N–H and O–H groups in total. The summed E-state index contributed by atoms with van der Waals surface area (Å²) in [6.45, 7) is 8.94. The molecule has 0 saturated heterocycles. The van der Waals surface area contributed by atoms with E-state index in [4.69, 9.17) is 11.6 Å². The van der Waals surface area contributed by atoms with E-state index in [0.717, 1.165) is 31.0 Å². The van der Waals surface area contributed by atoms with Crippen LogP contribution in [0.1, 0.15) is 39.2 Å². The Morgan fingerprint density at radius 2 is 2.12 bits per heavy atom. The first-order valence-electron chi connectivity index (χ1n) is 6.34. The largest absolute Gasteiger partial charge is 0.317 e. The van der Waals surface area contributed by atoms with Crippen LogP contribution in [0.3, 0.4) is 0 Å². The molecule has 17 heavy (non-hydrogen) atoms. The number of hydrogen-bond donors (Lipinski definition) is 1. The highest BCUT2D eigenvalue weighted by Crippen LogP contribution is 2.28. The van der Waals surface area contributed by atoms with Gasteiger partial charge in [-0.25, -0.2) is 0 Å². The van der Waals surface area contributed by atoms with Gasteiger partial charge in [0.2, 0.25) is 0 Å². The van der Waals surface area contributed by atoms with Crippen molar-refractivity contribution < 1.29 is 0 Å². The van der Waals surface area contributed by atoms with E-state index in [1.807, 2.05) is 12.3 Å². The minimum Gasteiger partial charge on any atom is -0.317 e. The lowest BCUT2D eigenvalue weighted by atomic mass is 9.83. The number of rotatable bonds is 7. The standard InChI is InChI=1S/C14H23ClN2/c1-4-7-16-9-6-14(2,3)10-12-5-8-17-11-13(12)15/h5,8,11,16H,4,6-7,9-10H2,1-3H3. The highest BCUT2D eigenvalue weighted by molar-refractivity contribution is 6.31. The van der Waals surface area contributed by atoms with Crippen molar-refractivity contribution in [1.29, 1.82) is 0 Å². The van der Waals surface area contributed by atoms with Crippen molar-refractivity contribution in [3.05, 3.63) is 29.0 Å². The molecule has 0 fully saturated rings. The van der Waals surface area contributed by atoms with Crippen molar-refractivity contribution in [3.8, 4) is 0 Å². The molecule has 2 nitrogen and oxygen atoms in total. The minimum absolute atomic E-state index is 0.270. The predicted octanol–water partition coefficient (Wildman–Crippen LogP) is 3.69. The average Bonchev–Trinajstić information content (AvgIpc) is 2.28. The SMILES string of the molecule is CCCNCCC(C)(C)Cc1ccncc1Cl. The minimum atomic E-state index is 0.270. The fourth-order valence-electron chi connectivity index (χ4n) is 1.88. The number of halogens is 1. The molecule has 3 heteroatoms. The molecule has 1 aromatic rings. The summed E-state index contributed by atoms with van der Waals surface area (Å²) in [6.07, 6.45) is 6.89. The van der Waals surface area contributed by atoms with E-state index in [2.05, 4.69) is 31.1 Å². The Balaban J connectivity index is 2.46. The van der Waals surface area contributed by atoms with Gasteiger partial charge in [0.15, 0.2) is 0 Å². The number of nitrogens with zero attached hydrogens (tertiary/aromatic N) is 1. The molecule has 0 aliphatic carbocycles. The second kappa shape index (κ2) is 6.97. The zero-order valence-corrected chi connectivity index (χ0v) is 11.8. The summed E-state index contributed by atoms with van der Waals surface area (Å²) in [6, 6.07) is 2.02. The van der Waals surface area contributed by atoms with E-state index in [0.29, 0.717) is 0 Å². The van der Waals surface area contributed by atoms with Gasteiger partial charge in [-0.15, -0.1) is 0 Å². The normalized spacial score (nSPS) is 11.8. The van der Waals surface area contributed by atoms with Crippen LogP contribution in [0, 0.1) is 5.41 Å². The van der Waals surface area contributed by atoms with Gasteiger partial charge in [-0.3, -0.25) is 4.98 Å².